The average molecular weight is 930 g/mol. The van der Waals surface area contributed by atoms with Gasteiger partial charge in [-0.15, -0.1) is 0 Å². The van der Waals surface area contributed by atoms with Gasteiger partial charge in [0, 0.05) is 48.9 Å². The highest BCUT2D eigenvalue weighted by Crippen LogP contribution is 2.38. The van der Waals surface area contributed by atoms with Crippen LogP contribution in [0.15, 0.2) is 146 Å². The van der Waals surface area contributed by atoms with Gasteiger partial charge >= 0.3 is 5.97 Å². The summed E-state index contributed by atoms with van der Waals surface area (Å²) in [5, 5.41) is 31.6. The maximum absolute atomic E-state index is 13.5. The van der Waals surface area contributed by atoms with Crippen molar-refractivity contribution in [2.45, 2.75) is 80.7 Å². The largest absolute Gasteiger partial charge is 0.440 e. The summed E-state index contributed by atoms with van der Waals surface area (Å²) < 4.78 is 77.4. The van der Waals surface area contributed by atoms with Crippen molar-refractivity contribution in [1.29, 1.82) is 0 Å². The van der Waals surface area contributed by atoms with Crippen molar-refractivity contribution in [3.05, 3.63) is 208 Å². The van der Waals surface area contributed by atoms with Crippen LogP contribution in [0.5, 0.6) is 11.5 Å². The number of rotatable bonds is 12. The molecule has 0 radical (unpaired) electrons. The van der Waals surface area contributed by atoms with Crippen LogP contribution in [0.3, 0.4) is 0 Å². The minimum atomic E-state index is -0.693. The highest BCUT2D eigenvalue weighted by atomic mass is 19.1. The third-order valence-corrected chi connectivity index (χ3v) is 12.9. The van der Waals surface area contributed by atoms with E-state index in [4.69, 9.17) is 18.9 Å². The molecule has 10 rings (SSSR count). The molecule has 4 aliphatic heterocycles. The van der Waals surface area contributed by atoms with Crippen molar-refractivity contribution in [2.24, 2.45) is 0 Å². The van der Waals surface area contributed by atoms with Crippen LogP contribution in [0.25, 0.3) is 0 Å². The molecule has 2 fully saturated rings. The molecule has 4 heterocycles. The fraction of sp³-hybridized carbons (Fsp3) is 0.278. The molecule has 6 aromatic carbocycles. The van der Waals surface area contributed by atoms with Gasteiger partial charge in [0.15, 0.2) is 11.6 Å². The topological polar surface area (TPSA) is 131 Å². The van der Waals surface area contributed by atoms with Crippen LogP contribution in [-0.2, 0) is 33.8 Å². The van der Waals surface area contributed by atoms with E-state index in [1.165, 1.54) is 48.5 Å². The highest BCUT2D eigenvalue weighted by Gasteiger charge is 2.37. The molecule has 6 atom stereocenters. The number of esters is 1. The molecule has 0 amide bonds. The first kappa shape index (κ1) is 46.7. The van der Waals surface area contributed by atoms with E-state index in [0.717, 1.165) is 50.4 Å². The lowest BCUT2D eigenvalue weighted by Crippen LogP contribution is -2.50. The number of halogens is 4. The van der Waals surface area contributed by atoms with Crippen LogP contribution >= 0.6 is 0 Å². The molecular formula is C54H51F4N3O7. The Labute approximate surface area is 391 Å². The molecule has 0 spiro atoms. The predicted octanol–water partition coefficient (Wildman–Crippen LogP) is 8.55. The number of ether oxygens (including phenoxy) is 4. The zero-order valence-electron chi connectivity index (χ0n) is 36.9. The van der Waals surface area contributed by atoms with Gasteiger partial charge in [0.1, 0.15) is 29.0 Å². The minimum Gasteiger partial charge on any atom is -0.440 e. The van der Waals surface area contributed by atoms with Crippen molar-refractivity contribution in [3.8, 4) is 11.5 Å². The van der Waals surface area contributed by atoms with Crippen LogP contribution in [0.2, 0.25) is 0 Å². The third kappa shape index (κ3) is 11.0. The number of aliphatic hydroxyl groups is 2. The predicted molar refractivity (Wildman–Crippen MR) is 247 cm³/mol. The summed E-state index contributed by atoms with van der Waals surface area (Å²) in [6.45, 7) is 5.30. The van der Waals surface area contributed by atoms with E-state index in [-0.39, 0.29) is 78.4 Å². The number of nitrogens with one attached hydrogen (secondary N) is 3. The zero-order chi connectivity index (χ0) is 47.3. The number of carbonyl (C=O) groups excluding carboxylic acids is 1. The van der Waals surface area contributed by atoms with Crippen LogP contribution in [0.1, 0.15) is 63.6 Å². The number of benzene rings is 6. The maximum Gasteiger partial charge on any atom is 0.315 e. The molecule has 0 aromatic heterocycles. The Morgan fingerprint density at radius 3 is 1.56 bits per heavy atom. The van der Waals surface area contributed by atoms with Crippen LogP contribution in [-0.4, -0.2) is 65.9 Å². The number of para-hydroxylation sites is 1. The summed E-state index contributed by atoms with van der Waals surface area (Å²) in [6, 6.07) is 35.7. The van der Waals surface area contributed by atoms with Crippen molar-refractivity contribution in [1.82, 2.24) is 10.6 Å². The lowest BCUT2D eigenvalue weighted by atomic mass is 9.82. The lowest BCUT2D eigenvalue weighted by molar-refractivity contribution is -0.131. The van der Waals surface area contributed by atoms with Gasteiger partial charge in [-0.3, -0.25) is 4.79 Å². The maximum atomic E-state index is 13.5. The Bertz CT molecular complexity index is 2620. The van der Waals surface area contributed by atoms with Crippen LogP contribution < -0.4 is 25.4 Å². The van der Waals surface area contributed by atoms with Crippen molar-refractivity contribution in [2.75, 3.05) is 18.5 Å². The zero-order valence-corrected chi connectivity index (χ0v) is 36.9. The first-order chi connectivity index (χ1) is 32.9. The number of hydrogen-bond acceptors (Lipinski definition) is 10. The highest BCUT2D eigenvalue weighted by molar-refractivity contribution is 5.81. The lowest BCUT2D eigenvalue weighted by Gasteiger charge is -2.38. The fourth-order valence-corrected chi connectivity index (χ4v) is 9.41. The molecule has 0 saturated carbocycles. The van der Waals surface area contributed by atoms with E-state index in [2.05, 4.69) is 22.5 Å². The van der Waals surface area contributed by atoms with Crippen LogP contribution in [0, 0.1) is 23.3 Å². The van der Waals surface area contributed by atoms with Crippen molar-refractivity contribution < 1.29 is 51.5 Å². The second-order valence-electron chi connectivity index (χ2n) is 17.5. The first-order valence-corrected chi connectivity index (χ1v) is 22.6. The van der Waals surface area contributed by atoms with Crippen molar-refractivity contribution >= 4 is 11.7 Å². The van der Waals surface area contributed by atoms with Gasteiger partial charge in [0.25, 0.3) is 0 Å². The summed E-state index contributed by atoms with van der Waals surface area (Å²) in [5.41, 5.74) is 6.98. The van der Waals surface area contributed by atoms with Gasteiger partial charge < -0.3 is 45.1 Å². The van der Waals surface area contributed by atoms with E-state index in [9.17, 15) is 32.6 Å². The molecular weight excluding hydrogens is 879 g/mol. The van der Waals surface area contributed by atoms with Gasteiger partial charge in [-0.2, -0.15) is 0 Å². The SMILES string of the molecule is C=C1Nc2ccc(CNC3COC(C(c4ccc(F)cc4)c4ccc(F)cc4)CC3O)cc2O1.O=C1Cc2cccc(CNC3COC(C(c4ccc(F)cc4)c4ccc(F)cc4)CC3O)c2O1. The molecule has 5 N–H and O–H groups in total. The second kappa shape index (κ2) is 20.9. The van der Waals surface area contributed by atoms with E-state index in [0.29, 0.717) is 44.2 Å². The fourth-order valence-electron chi connectivity index (χ4n) is 9.41. The van der Waals surface area contributed by atoms with Crippen molar-refractivity contribution in [3.63, 3.8) is 0 Å². The Morgan fingerprint density at radius 2 is 1.09 bits per heavy atom. The summed E-state index contributed by atoms with van der Waals surface area (Å²) in [5.74, 6) is -0.317. The molecule has 4 aliphatic rings. The Morgan fingerprint density at radius 1 is 0.618 bits per heavy atom. The van der Waals surface area contributed by atoms with E-state index >= 15 is 0 Å². The van der Waals surface area contributed by atoms with Gasteiger partial charge in [0.2, 0.25) is 0 Å². The smallest absolute Gasteiger partial charge is 0.315 e. The number of hydrogen-bond donors (Lipinski definition) is 5. The molecule has 0 bridgehead atoms. The van der Waals surface area contributed by atoms with E-state index in [1.807, 2.05) is 36.4 Å². The average Bonchev–Trinajstić information content (AvgIpc) is 3.92. The molecule has 6 unspecified atom stereocenters. The van der Waals surface area contributed by atoms with Crippen LogP contribution in [0.4, 0.5) is 23.2 Å². The number of carbonyl (C=O) groups is 1. The molecule has 0 aliphatic carbocycles. The van der Waals surface area contributed by atoms with E-state index in [1.54, 1.807) is 48.5 Å². The van der Waals surface area contributed by atoms with Gasteiger partial charge in [0.05, 0.1) is 61.8 Å². The Balaban J connectivity index is 0.000000170. The van der Waals surface area contributed by atoms with E-state index < -0.39 is 12.2 Å². The first-order valence-electron chi connectivity index (χ1n) is 22.6. The monoisotopic (exact) mass is 929 g/mol. The standard InChI is InChI=1S/C27H26F2N2O3.C27H25F2NO4/c1-16-31-22-11-2-17(12-25(22)34-16)14-30-23-15-33-26(13-24(23)32)27(18-3-7-20(28)8-4-18)19-5-9-21(29)10-6-19;28-20-8-4-16(5-9-20)26(17-6-10-21(29)11-7-17)24-13-23(31)22(15-33-24)30-14-19-3-1-2-18-12-25(32)34-27(18)19/h2-12,23-24,26-27,30-32H,1,13-15H2;1-11,22-24,26,30-31H,12-15H2. The second-order valence-corrected chi connectivity index (χ2v) is 17.5. The molecule has 6 aromatic rings. The Kier molecular flexibility index (Phi) is 14.3. The minimum absolute atomic E-state index is 0.249. The quantitative estimate of drug-likeness (QED) is 0.0463. The summed E-state index contributed by atoms with van der Waals surface area (Å²) in [7, 11) is 0. The molecule has 352 valence electrons. The van der Waals surface area contributed by atoms with Gasteiger partial charge in [-0.25, -0.2) is 17.6 Å². The summed E-state index contributed by atoms with van der Waals surface area (Å²) >= 11 is 0. The third-order valence-electron chi connectivity index (χ3n) is 12.9. The molecule has 10 nitrogen and oxygen atoms in total. The normalized spacial score (nSPS) is 21.9. The van der Waals surface area contributed by atoms with Gasteiger partial charge in [-0.1, -0.05) is 72.8 Å². The van der Waals surface area contributed by atoms with Gasteiger partial charge in [-0.05, 0) is 95.1 Å². The molecule has 68 heavy (non-hydrogen) atoms. The number of fused-ring (bicyclic) bond motifs is 2. The number of anilines is 1. The number of aliphatic hydroxyl groups excluding tert-OH is 2. The Hall–Kier alpha value is -6.39. The molecule has 14 heteroatoms. The summed E-state index contributed by atoms with van der Waals surface area (Å²) in [4.78, 5) is 11.6. The summed E-state index contributed by atoms with van der Waals surface area (Å²) in [6.07, 6.45) is -1.04. The molecule has 2 saturated heterocycles.